The number of amidine groups is 1. The Balaban J connectivity index is 1.34. The van der Waals surface area contributed by atoms with E-state index in [2.05, 4.69) is 10.6 Å². The summed E-state index contributed by atoms with van der Waals surface area (Å²) in [7, 11) is 0. The van der Waals surface area contributed by atoms with E-state index in [-0.39, 0.29) is 29.6 Å². The number of carbonyl (C=O) groups is 2. The molecule has 2 fully saturated rings. The number of benzene rings is 2. The molecule has 2 heterocycles. The van der Waals surface area contributed by atoms with E-state index in [4.69, 9.17) is 4.99 Å². The van der Waals surface area contributed by atoms with Crippen molar-refractivity contribution >= 4 is 23.5 Å². The van der Waals surface area contributed by atoms with Gasteiger partial charge in [0, 0.05) is 30.3 Å². The van der Waals surface area contributed by atoms with Gasteiger partial charge < -0.3 is 15.5 Å². The molecule has 1 saturated carbocycles. The Hall–Kier alpha value is -3.22. The molecule has 0 unspecified atom stereocenters. The van der Waals surface area contributed by atoms with Crippen LogP contribution in [-0.4, -0.2) is 41.3 Å². The first-order valence-corrected chi connectivity index (χ1v) is 9.83. The molecule has 5 rings (SSSR count). The monoisotopic (exact) mass is 392 g/mol. The van der Waals surface area contributed by atoms with Crippen molar-refractivity contribution in [1.29, 1.82) is 0 Å². The van der Waals surface area contributed by atoms with Gasteiger partial charge in [0.2, 0.25) is 0 Å². The van der Waals surface area contributed by atoms with E-state index >= 15 is 0 Å². The first kappa shape index (κ1) is 17.8. The fourth-order valence-corrected chi connectivity index (χ4v) is 4.84. The first-order valence-electron chi connectivity index (χ1n) is 9.83. The van der Waals surface area contributed by atoms with Gasteiger partial charge in [-0.2, -0.15) is 0 Å². The lowest BCUT2D eigenvalue weighted by molar-refractivity contribution is -0.124. The van der Waals surface area contributed by atoms with Crippen LogP contribution in [-0.2, 0) is 4.79 Å². The number of urea groups is 1. The number of nitrogens with one attached hydrogen (secondary N) is 2. The van der Waals surface area contributed by atoms with Gasteiger partial charge in [0.15, 0.2) is 0 Å². The minimum Gasteiger partial charge on any atom is -0.324 e. The maximum atomic E-state index is 13.1. The van der Waals surface area contributed by atoms with Crippen molar-refractivity contribution in [2.75, 3.05) is 18.4 Å². The fraction of sp³-hybridized carbons (Fsp3) is 0.318. The smallest absolute Gasteiger partial charge is 0.321 e. The van der Waals surface area contributed by atoms with Crippen molar-refractivity contribution in [3.05, 3.63) is 66.0 Å². The van der Waals surface area contributed by atoms with Crippen LogP contribution >= 0.6 is 0 Å². The minimum atomic E-state index is -0.791. The van der Waals surface area contributed by atoms with Crippen LogP contribution in [0.25, 0.3) is 0 Å². The molecule has 7 heteroatoms. The van der Waals surface area contributed by atoms with Crippen molar-refractivity contribution in [3.63, 3.8) is 0 Å². The van der Waals surface area contributed by atoms with E-state index < -0.39 is 5.54 Å². The number of likely N-dealkylation sites (tertiary alicyclic amines) is 1. The Labute approximate surface area is 167 Å². The Kier molecular flexibility index (Phi) is 4.12. The third-order valence-corrected chi connectivity index (χ3v) is 6.32. The van der Waals surface area contributed by atoms with E-state index in [1.807, 2.05) is 30.3 Å². The highest BCUT2D eigenvalue weighted by Gasteiger charge is 2.59. The van der Waals surface area contributed by atoms with Crippen molar-refractivity contribution in [2.45, 2.75) is 18.4 Å². The normalized spacial score (nSPS) is 27.7. The predicted octanol–water partition coefficient (Wildman–Crippen LogP) is 3.01. The summed E-state index contributed by atoms with van der Waals surface area (Å²) in [4.78, 5) is 32.2. The van der Waals surface area contributed by atoms with Crippen LogP contribution in [0.15, 0.2) is 59.6 Å². The van der Waals surface area contributed by atoms with Crippen LogP contribution in [0.3, 0.4) is 0 Å². The van der Waals surface area contributed by atoms with Gasteiger partial charge in [-0.05, 0) is 43.0 Å². The molecule has 1 aliphatic carbocycles. The number of rotatable bonds is 2. The third kappa shape index (κ3) is 2.97. The van der Waals surface area contributed by atoms with Crippen LogP contribution in [0.4, 0.5) is 14.9 Å². The summed E-state index contributed by atoms with van der Waals surface area (Å²) >= 11 is 0. The van der Waals surface area contributed by atoms with Crippen LogP contribution < -0.4 is 10.6 Å². The summed E-state index contributed by atoms with van der Waals surface area (Å²) in [6.45, 7) is 1.08. The van der Waals surface area contributed by atoms with Crippen molar-refractivity contribution < 1.29 is 14.0 Å². The van der Waals surface area contributed by atoms with Crippen molar-refractivity contribution in [1.82, 2.24) is 10.2 Å². The number of carbonyl (C=O) groups excluding carboxylic acids is 2. The van der Waals surface area contributed by atoms with Crippen LogP contribution in [0, 0.1) is 17.7 Å². The average Bonchev–Trinajstić information content (AvgIpc) is 3.40. The Morgan fingerprint density at radius 2 is 1.90 bits per heavy atom. The lowest BCUT2D eigenvalue weighted by atomic mass is 9.85. The van der Waals surface area contributed by atoms with Crippen molar-refractivity contribution in [2.24, 2.45) is 16.8 Å². The molecular weight excluding hydrogens is 371 g/mol. The zero-order valence-electron chi connectivity index (χ0n) is 15.8. The Morgan fingerprint density at radius 1 is 1.14 bits per heavy atom. The van der Waals surface area contributed by atoms with Gasteiger partial charge in [-0.15, -0.1) is 0 Å². The molecule has 0 aromatic heterocycles. The molecule has 3 amide bonds. The number of hydrogen-bond donors (Lipinski definition) is 2. The number of hydrogen-bond acceptors (Lipinski definition) is 3. The highest BCUT2D eigenvalue weighted by atomic mass is 19.1. The Morgan fingerprint density at radius 3 is 2.66 bits per heavy atom. The second-order valence-electron chi connectivity index (χ2n) is 7.95. The molecule has 0 bridgehead atoms. The number of anilines is 1. The largest absolute Gasteiger partial charge is 0.324 e. The molecule has 2 aliphatic heterocycles. The average molecular weight is 392 g/mol. The summed E-state index contributed by atoms with van der Waals surface area (Å²) < 4.78 is 13.1. The lowest BCUT2D eigenvalue weighted by Gasteiger charge is -2.25. The molecule has 1 saturated heterocycles. The molecule has 29 heavy (non-hydrogen) atoms. The van der Waals surface area contributed by atoms with Gasteiger partial charge in [0.05, 0.1) is 0 Å². The van der Waals surface area contributed by atoms with Crippen molar-refractivity contribution in [3.8, 4) is 0 Å². The van der Waals surface area contributed by atoms with Gasteiger partial charge >= 0.3 is 6.03 Å². The summed E-state index contributed by atoms with van der Waals surface area (Å²) in [5, 5.41) is 5.77. The maximum absolute atomic E-state index is 13.1. The molecule has 3 atom stereocenters. The maximum Gasteiger partial charge on any atom is 0.321 e. The van der Waals surface area contributed by atoms with E-state index in [1.54, 1.807) is 4.90 Å². The molecular formula is C22H21FN4O2. The second-order valence-corrected chi connectivity index (χ2v) is 7.95. The predicted molar refractivity (Wildman–Crippen MR) is 107 cm³/mol. The molecule has 0 radical (unpaired) electrons. The number of aliphatic imine (C=N–C) groups is 1. The molecule has 3 aliphatic rings. The number of nitrogens with zero attached hydrogens (tertiary/aromatic N) is 2. The number of amides is 3. The highest BCUT2D eigenvalue weighted by molar-refractivity contribution is 6.15. The molecule has 1 spiro atoms. The fourth-order valence-electron chi connectivity index (χ4n) is 4.84. The minimum absolute atomic E-state index is 0.00248. The SMILES string of the molecule is O=C(Nc1ccc(F)cc1)N1C[C@H]2CC[C@@]3(N=C(c4ccccc4)NC3=O)[C@@H]2C1. The second kappa shape index (κ2) is 6.69. The van der Waals surface area contributed by atoms with Gasteiger partial charge in [0.25, 0.3) is 5.91 Å². The molecule has 148 valence electrons. The zero-order valence-corrected chi connectivity index (χ0v) is 15.8. The topological polar surface area (TPSA) is 73.8 Å². The van der Waals surface area contributed by atoms with Gasteiger partial charge in [0.1, 0.15) is 17.2 Å². The van der Waals surface area contributed by atoms with Crippen LogP contribution in [0.1, 0.15) is 18.4 Å². The molecule has 2 N–H and O–H groups in total. The molecule has 6 nitrogen and oxygen atoms in total. The molecule has 2 aromatic rings. The van der Waals surface area contributed by atoms with E-state index in [0.717, 1.165) is 12.0 Å². The van der Waals surface area contributed by atoms with Gasteiger partial charge in [-0.25, -0.2) is 9.18 Å². The Bertz CT molecular complexity index is 992. The summed E-state index contributed by atoms with van der Waals surface area (Å²) in [6, 6.07) is 15.1. The van der Waals surface area contributed by atoms with E-state index in [1.165, 1.54) is 24.3 Å². The highest BCUT2D eigenvalue weighted by Crippen LogP contribution is 2.49. The number of halogens is 1. The summed E-state index contributed by atoms with van der Waals surface area (Å²) in [6.07, 6.45) is 1.57. The summed E-state index contributed by atoms with van der Waals surface area (Å²) in [5.74, 6) is 0.455. The third-order valence-electron chi connectivity index (χ3n) is 6.32. The molecule has 2 aromatic carbocycles. The lowest BCUT2D eigenvalue weighted by Crippen LogP contribution is -2.45. The van der Waals surface area contributed by atoms with Crippen LogP contribution in [0.5, 0.6) is 0 Å². The van der Waals surface area contributed by atoms with Gasteiger partial charge in [-0.1, -0.05) is 30.3 Å². The van der Waals surface area contributed by atoms with E-state index in [0.29, 0.717) is 31.0 Å². The zero-order chi connectivity index (χ0) is 20.0. The van der Waals surface area contributed by atoms with E-state index in [9.17, 15) is 14.0 Å². The first-order chi connectivity index (χ1) is 14.0. The standard InChI is InChI=1S/C22H21FN4O2/c23-16-6-8-17(9-7-16)24-21(29)27-12-15-10-11-22(18(15)13-27)20(28)25-19(26-22)14-4-2-1-3-5-14/h1-9,15,18H,10-13H2,(H,24,29)(H,25,26,28)/t15-,18-,22-/m1/s1. The van der Waals surface area contributed by atoms with Gasteiger partial charge in [-0.3, -0.25) is 9.79 Å². The number of fused-ring (bicyclic) bond motifs is 2. The quantitative estimate of drug-likeness (QED) is 0.825. The van der Waals surface area contributed by atoms with Crippen LogP contribution in [0.2, 0.25) is 0 Å². The summed E-state index contributed by atoms with van der Waals surface area (Å²) in [5.41, 5.74) is 0.650.